The van der Waals surface area contributed by atoms with Crippen LogP contribution in [0.4, 0.5) is 5.82 Å². The lowest BCUT2D eigenvalue weighted by Gasteiger charge is -2.08. The van der Waals surface area contributed by atoms with E-state index in [1.165, 1.54) is 29.1 Å². The zero-order valence-electron chi connectivity index (χ0n) is 11.7. The van der Waals surface area contributed by atoms with E-state index in [4.69, 9.17) is 11.0 Å². The summed E-state index contributed by atoms with van der Waals surface area (Å²) >= 11 is 0. The van der Waals surface area contributed by atoms with Gasteiger partial charge in [-0.15, -0.1) is 0 Å². The lowest BCUT2D eigenvalue weighted by Crippen LogP contribution is -2.23. The van der Waals surface area contributed by atoms with Crippen LogP contribution >= 0.6 is 0 Å². The number of hydrogen-bond donors (Lipinski definition) is 2. The molecule has 1 heterocycles. The zero-order valence-corrected chi connectivity index (χ0v) is 12.5. The molecule has 3 N–H and O–H groups in total. The lowest BCUT2D eigenvalue weighted by molar-refractivity contribution is 0.581. The molecule has 110 valence electrons. The summed E-state index contributed by atoms with van der Waals surface area (Å²) in [5.74, 6) is 0.411. The number of aromatic nitrogens is 2. The van der Waals surface area contributed by atoms with E-state index in [1.807, 2.05) is 6.07 Å². The number of hydrogen-bond acceptors (Lipinski definition) is 5. The van der Waals surface area contributed by atoms with Crippen molar-refractivity contribution in [2.45, 2.75) is 18.4 Å². The summed E-state index contributed by atoms with van der Waals surface area (Å²) in [5, 5.41) is 12.8. The predicted molar refractivity (Wildman–Crippen MR) is 77.5 cm³/mol. The monoisotopic (exact) mass is 305 g/mol. The molecule has 0 radical (unpaired) electrons. The molecule has 0 bridgehead atoms. The predicted octanol–water partition coefficient (Wildman–Crippen LogP) is 0.661. The Morgan fingerprint density at radius 1 is 1.48 bits per heavy atom. The number of nitrogens with zero attached hydrogens (tertiary/aromatic N) is 3. The van der Waals surface area contributed by atoms with Crippen molar-refractivity contribution in [3.05, 3.63) is 41.1 Å². The molecule has 0 aliphatic carbocycles. The van der Waals surface area contributed by atoms with Gasteiger partial charge in [-0.1, -0.05) is 0 Å². The van der Waals surface area contributed by atoms with Crippen LogP contribution in [-0.4, -0.2) is 18.2 Å². The van der Waals surface area contributed by atoms with Gasteiger partial charge < -0.3 is 5.73 Å². The van der Waals surface area contributed by atoms with Crippen LogP contribution in [0.15, 0.2) is 29.3 Å². The van der Waals surface area contributed by atoms with E-state index in [2.05, 4.69) is 9.82 Å². The molecule has 0 saturated carbocycles. The highest BCUT2D eigenvalue weighted by Gasteiger charge is 2.16. The first-order chi connectivity index (χ1) is 9.85. The van der Waals surface area contributed by atoms with Gasteiger partial charge in [0.2, 0.25) is 10.0 Å². The molecule has 21 heavy (non-hydrogen) atoms. The fourth-order valence-electron chi connectivity index (χ4n) is 1.81. The van der Waals surface area contributed by atoms with Gasteiger partial charge in [0.15, 0.2) is 0 Å². The highest BCUT2D eigenvalue weighted by Crippen LogP contribution is 2.16. The Labute approximate surface area is 123 Å². The van der Waals surface area contributed by atoms with Crippen LogP contribution in [0.1, 0.15) is 16.7 Å². The van der Waals surface area contributed by atoms with Gasteiger partial charge in [0.1, 0.15) is 5.82 Å². The van der Waals surface area contributed by atoms with Gasteiger partial charge in [0.05, 0.1) is 22.7 Å². The standard InChI is InChI=1S/C13H15N5O2S/c1-9-5-12(4-3-10(9)6-14)21(19,20)17-8-11-7-16-18(2)13(11)15/h3-5,7,17H,8,15H2,1-2H3. The van der Waals surface area contributed by atoms with Gasteiger partial charge in [0.25, 0.3) is 0 Å². The van der Waals surface area contributed by atoms with Crippen molar-refractivity contribution >= 4 is 15.8 Å². The second kappa shape index (κ2) is 5.55. The first kappa shape index (κ1) is 15.0. The van der Waals surface area contributed by atoms with Crippen molar-refractivity contribution < 1.29 is 8.42 Å². The van der Waals surface area contributed by atoms with Crippen LogP contribution in [0.2, 0.25) is 0 Å². The Morgan fingerprint density at radius 2 is 2.19 bits per heavy atom. The zero-order chi connectivity index (χ0) is 15.6. The maximum Gasteiger partial charge on any atom is 0.240 e. The number of nitrogens with one attached hydrogen (secondary N) is 1. The number of anilines is 1. The van der Waals surface area contributed by atoms with Crippen LogP contribution in [0.3, 0.4) is 0 Å². The van der Waals surface area contributed by atoms with Crippen molar-refractivity contribution in [2.24, 2.45) is 7.05 Å². The fourth-order valence-corrected chi connectivity index (χ4v) is 2.90. The van der Waals surface area contributed by atoms with E-state index in [0.717, 1.165) is 0 Å². The van der Waals surface area contributed by atoms with Gasteiger partial charge >= 0.3 is 0 Å². The van der Waals surface area contributed by atoms with Crippen LogP contribution in [-0.2, 0) is 23.6 Å². The molecular weight excluding hydrogens is 290 g/mol. The molecule has 2 aromatic rings. The third-order valence-corrected chi connectivity index (χ3v) is 4.54. The molecule has 1 aromatic heterocycles. The Bertz CT molecular complexity index is 818. The van der Waals surface area contributed by atoms with Gasteiger partial charge in [0, 0.05) is 19.2 Å². The highest BCUT2D eigenvalue weighted by atomic mass is 32.2. The number of nitrogen functional groups attached to an aromatic ring is 1. The molecule has 0 amide bonds. The molecule has 1 aromatic carbocycles. The second-order valence-electron chi connectivity index (χ2n) is 4.59. The minimum atomic E-state index is -3.67. The molecule has 0 unspecified atom stereocenters. The maximum atomic E-state index is 12.2. The number of sulfonamides is 1. The SMILES string of the molecule is Cc1cc(S(=O)(=O)NCc2cnn(C)c2N)ccc1C#N. The fraction of sp³-hybridized carbons (Fsp3) is 0.231. The molecule has 2 rings (SSSR count). The van der Waals surface area contributed by atoms with Crippen molar-refractivity contribution in [3.63, 3.8) is 0 Å². The number of benzene rings is 1. The molecule has 0 aliphatic heterocycles. The smallest absolute Gasteiger partial charge is 0.240 e. The van der Waals surface area contributed by atoms with E-state index >= 15 is 0 Å². The topological polar surface area (TPSA) is 114 Å². The summed E-state index contributed by atoms with van der Waals surface area (Å²) < 4.78 is 28.4. The van der Waals surface area contributed by atoms with E-state index < -0.39 is 10.0 Å². The van der Waals surface area contributed by atoms with Crippen molar-refractivity contribution in [2.75, 3.05) is 5.73 Å². The van der Waals surface area contributed by atoms with E-state index in [-0.39, 0.29) is 11.4 Å². The summed E-state index contributed by atoms with van der Waals surface area (Å²) in [6.45, 7) is 1.75. The third-order valence-electron chi connectivity index (χ3n) is 3.15. The largest absolute Gasteiger partial charge is 0.384 e. The quantitative estimate of drug-likeness (QED) is 0.861. The highest BCUT2D eigenvalue weighted by molar-refractivity contribution is 7.89. The van der Waals surface area contributed by atoms with Crippen LogP contribution in [0.5, 0.6) is 0 Å². The van der Waals surface area contributed by atoms with E-state index in [1.54, 1.807) is 14.0 Å². The third kappa shape index (κ3) is 3.04. The molecule has 7 nitrogen and oxygen atoms in total. The van der Waals surface area contributed by atoms with Gasteiger partial charge in [-0.3, -0.25) is 4.68 Å². The van der Waals surface area contributed by atoms with Gasteiger partial charge in [-0.25, -0.2) is 13.1 Å². The molecule has 0 fully saturated rings. The second-order valence-corrected chi connectivity index (χ2v) is 6.36. The molecule has 0 aliphatic rings. The van der Waals surface area contributed by atoms with Crippen LogP contribution in [0.25, 0.3) is 0 Å². The van der Waals surface area contributed by atoms with Gasteiger partial charge in [-0.2, -0.15) is 10.4 Å². The molecule has 0 atom stereocenters. The number of nitrogens with two attached hydrogens (primary N) is 1. The maximum absolute atomic E-state index is 12.2. The lowest BCUT2D eigenvalue weighted by atomic mass is 10.1. The van der Waals surface area contributed by atoms with Crippen LogP contribution in [0, 0.1) is 18.3 Å². The Balaban J connectivity index is 2.21. The first-order valence-electron chi connectivity index (χ1n) is 6.12. The summed E-state index contributed by atoms with van der Waals surface area (Å²) in [4.78, 5) is 0.112. The van der Waals surface area contributed by atoms with Gasteiger partial charge in [-0.05, 0) is 30.7 Å². The van der Waals surface area contributed by atoms with Crippen molar-refractivity contribution in [3.8, 4) is 6.07 Å². The normalized spacial score (nSPS) is 11.3. The molecular formula is C13H15N5O2S. The minimum absolute atomic E-state index is 0.0566. The number of rotatable bonds is 4. The molecule has 0 spiro atoms. The summed E-state index contributed by atoms with van der Waals surface area (Å²) in [7, 11) is -1.99. The van der Waals surface area contributed by atoms with E-state index in [0.29, 0.717) is 22.5 Å². The first-order valence-corrected chi connectivity index (χ1v) is 7.60. The Kier molecular flexibility index (Phi) is 3.97. The Morgan fingerprint density at radius 3 is 2.71 bits per heavy atom. The molecule has 8 heteroatoms. The summed E-state index contributed by atoms with van der Waals surface area (Å²) in [6, 6.07) is 6.36. The summed E-state index contributed by atoms with van der Waals surface area (Å²) in [6.07, 6.45) is 1.52. The number of nitriles is 1. The Hall–Kier alpha value is -2.37. The van der Waals surface area contributed by atoms with E-state index in [9.17, 15) is 8.42 Å². The van der Waals surface area contributed by atoms with Crippen LogP contribution < -0.4 is 10.5 Å². The minimum Gasteiger partial charge on any atom is -0.384 e. The van der Waals surface area contributed by atoms with Crippen molar-refractivity contribution in [1.82, 2.24) is 14.5 Å². The van der Waals surface area contributed by atoms with Crippen molar-refractivity contribution in [1.29, 1.82) is 5.26 Å². The molecule has 0 saturated heterocycles. The number of aryl methyl sites for hydroxylation is 2. The average molecular weight is 305 g/mol. The average Bonchev–Trinajstić information content (AvgIpc) is 2.76. The summed E-state index contributed by atoms with van der Waals surface area (Å²) in [5.41, 5.74) is 7.43.